The van der Waals surface area contributed by atoms with E-state index in [0.717, 1.165) is 18.4 Å². The molecule has 1 saturated heterocycles. The summed E-state index contributed by atoms with van der Waals surface area (Å²) in [6, 6.07) is 9.80. The second-order valence-electron chi connectivity index (χ2n) is 7.04. The van der Waals surface area contributed by atoms with Gasteiger partial charge in [0, 0.05) is 13.0 Å². The van der Waals surface area contributed by atoms with E-state index in [1.807, 2.05) is 51.1 Å². The van der Waals surface area contributed by atoms with Gasteiger partial charge >= 0.3 is 6.09 Å². The standard InChI is InChI=1S/C18H23N3O3/c1-18(2,3)23-17(22)21-11-7-10-14(21)16-19-15(20-24-16)12-13-8-5-4-6-9-13/h4-6,8-9,14H,7,10-12H2,1-3H3/t14-/m0/s1. The van der Waals surface area contributed by atoms with Crippen molar-refractivity contribution in [1.29, 1.82) is 0 Å². The Bertz CT molecular complexity index is 691. The highest BCUT2D eigenvalue weighted by Crippen LogP contribution is 2.32. The van der Waals surface area contributed by atoms with Gasteiger partial charge in [-0.2, -0.15) is 4.98 Å². The van der Waals surface area contributed by atoms with Gasteiger partial charge in [0.1, 0.15) is 11.6 Å². The van der Waals surface area contributed by atoms with Crippen LogP contribution in [0.15, 0.2) is 34.9 Å². The predicted molar refractivity (Wildman–Crippen MR) is 88.5 cm³/mol. The molecule has 0 spiro atoms. The van der Waals surface area contributed by atoms with E-state index in [1.54, 1.807) is 4.90 Å². The Kier molecular flexibility index (Phi) is 4.55. The zero-order valence-electron chi connectivity index (χ0n) is 14.4. The van der Waals surface area contributed by atoms with Gasteiger partial charge in [0.25, 0.3) is 0 Å². The number of benzene rings is 1. The maximum atomic E-state index is 12.4. The first-order chi connectivity index (χ1) is 11.4. The van der Waals surface area contributed by atoms with E-state index in [9.17, 15) is 4.79 Å². The van der Waals surface area contributed by atoms with E-state index < -0.39 is 5.60 Å². The maximum absolute atomic E-state index is 12.4. The minimum Gasteiger partial charge on any atom is -0.444 e. The van der Waals surface area contributed by atoms with Gasteiger partial charge in [-0.3, -0.25) is 4.90 Å². The van der Waals surface area contributed by atoms with E-state index in [0.29, 0.717) is 24.7 Å². The number of hydrogen-bond donors (Lipinski definition) is 0. The SMILES string of the molecule is CC(C)(C)OC(=O)N1CCC[C@H]1c1nc(Cc2ccccc2)no1. The number of carbonyl (C=O) groups excluding carboxylic acids is 1. The zero-order chi connectivity index (χ0) is 17.2. The van der Waals surface area contributed by atoms with Gasteiger partial charge in [-0.15, -0.1) is 0 Å². The summed E-state index contributed by atoms with van der Waals surface area (Å²) in [5, 5.41) is 4.06. The highest BCUT2D eigenvalue weighted by atomic mass is 16.6. The Labute approximate surface area is 141 Å². The van der Waals surface area contributed by atoms with Crippen molar-refractivity contribution in [3.63, 3.8) is 0 Å². The molecule has 1 atom stereocenters. The second kappa shape index (κ2) is 6.63. The van der Waals surface area contributed by atoms with Crippen LogP contribution in [0.5, 0.6) is 0 Å². The molecule has 1 aliphatic heterocycles. The van der Waals surface area contributed by atoms with Crippen LogP contribution in [0.3, 0.4) is 0 Å². The number of rotatable bonds is 3. The minimum atomic E-state index is -0.516. The third-order valence-corrected chi connectivity index (χ3v) is 3.85. The lowest BCUT2D eigenvalue weighted by Gasteiger charge is -2.26. The van der Waals surface area contributed by atoms with Crippen LogP contribution in [-0.4, -0.2) is 33.3 Å². The number of likely N-dealkylation sites (tertiary alicyclic amines) is 1. The number of ether oxygens (including phenoxy) is 1. The molecule has 1 aromatic carbocycles. The molecule has 24 heavy (non-hydrogen) atoms. The van der Waals surface area contributed by atoms with E-state index in [4.69, 9.17) is 9.26 Å². The van der Waals surface area contributed by atoms with Crippen molar-refractivity contribution in [3.05, 3.63) is 47.6 Å². The smallest absolute Gasteiger partial charge is 0.410 e. The highest BCUT2D eigenvalue weighted by molar-refractivity contribution is 5.69. The fourth-order valence-electron chi connectivity index (χ4n) is 2.82. The third-order valence-electron chi connectivity index (χ3n) is 3.85. The van der Waals surface area contributed by atoms with Crippen molar-refractivity contribution in [2.75, 3.05) is 6.54 Å². The Balaban J connectivity index is 1.70. The van der Waals surface area contributed by atoms with Crippen molar-refractivity contribution >= 4 is 6.09 Å². The minimum absolute atomic E-state index is 0.197. The molecule has 6 nitrogen and oxygen atoms in total. The molecule has 1 aromatic heterocycles. The molecule has 1 aliphatic rings. The molecule has 3 rings (SSSR count). The summed E-state index contributed by atoms with van der Waals surface area (Å²) in [7, 11) is 0. The zero-order valence-corrected chi connectivity index (χ0v) is 14.4. The van der Waals surface area contributed by atoms with E-state index in [-0.39, 0.29) is 12.1 Å². The van der Waals surface area contributed by atoms with Gasteiger partial charge in [0.15, 0.2) is 5.82 Å². The number of carbonyl (C=O) groups is 1. The first-order valence-corrected chi connectivity index (χ1v) is 8.28. The monoisotopic (exact) mass is 329 g/mol. The third kappa shape index (κ3) is 3.93. The topological polar surface area (TPSA) is 68.5 Å². The number of aromatic nitrogens is 2. The van der Waals surface area contributed by atoms with Crippen LogP contribution in [0.4, 0.5) is 4.79 Å². The second-order valence-corrected chi connectivity index (χ2v) is 7.04. The van der Waals surface area contributed by atoms with Gasteiger partial charge in [0.2, 0.25) is 5.89 Å². The fraction of sp³-hybridized carbons (Fsp3) is 0.500. The van der Waals surface area contributed by atoms with Gasteiger partial charge in [-0.05, 0) is 39.2 Å². The van der Waals surface area contributed by atoms with Crippen LogP contribution in [0.1, 0.15) is 56.9 Å². The molecule has 0 N–H and O–H groups in total. The van der Waals surface area contributed by atoms with E-state index in [1.165, 1.54) is 0 Å². The molecule has 0 aliphatic carbocycles. The molecule has 0 bridgehead atoms. The van der Waals surface area contributed by atoms with Crippen LogP contribution in [0.25, 0.3) is 0 Å². The molecule has 2 heterocycles. The van der Waals surface area contributed by atoms with Gasteiger partial charge in [-0.25, -0.2) is 4.79 Å². The Morgan fingerprint density at radius 1 is 1.33 bits per heavy atom. The summed E-state index contributed by atoms with van der Waals surface area (Å²) in [4.78, 5) is 18.5. The Hall–Kier alpha value is -2.37. The summed E-state index contributed by atoms with van der Waals surface area (Å²) >= 11 is 0. The summed E-state index contributed by atoms with van der Waals surface area (Å²) < 4.78 is 10.9. The van der Waals surface area contributed by atoms with Crippen molar-refractivity contribution in [3.8, 4) is 0 Å². The lowest BCUT2D eigenvalue weighted by molar-refractivity contribution is 0.0199. The average Bonchev–Trinajstić information content (AvgIpc) is 3.15. The van der Waals surface area contributed by atoms with Gasteiger partial charge in [0.05, 0.1) is 0 Å². The number of nitrogens with zero attached hydrogens (tertiary/aromatic N) is 3. The molecule has 6 heteroatoms. The molecule has 1 amide bonds. The Morgan fingerprint density at radius 3 is 2.79 bits per heavy atom. The van der Waals surface area contributed by atoms with E-state index >= 15 is 0 Å². The van der Waals surface area contributed by atoms with Gasteiger partial charge in [-0.1, -0.05) is 35.5 Å². The normalized spacial score (nSPS) is 18.0. The van der Waals surface area contributed by atoms with Crippen molar-refractivity contribution < 1.29 is 14.1 Å². The van der Waals surface area contributed by atoms with Crippen molar-refractivity contribution in [2.45, 2.75) is 51.7 Å². The molecule has 0 radical (unpaired) electrons. The summed E-state index contributed by atoms with van der Waals surface area (Å²) in [6.45, 7) is 6.23. The van der Waals surface area contributed by atoms with Gasteiger partial charge < -0.3 is 9.26 Å². The molecular formula is C18H23N3O3. The maximum Gasteiger partial charge on any atom is 0.410 e. The quantitative estimate of drug-likeness (QED) is 0.858. The first-order valence-electron chi connectivity index (χ1n) is 8.28. The summed E-state index contributed by atoms with van der Waals surface area (Å²) in [6.07, 6.45) is 2.00. The lowest BCUT2D eigenvalue weighted by Crippen LogP contribution is -2.36. The highest BCUT2D eigenvalue weighted by Gasteiger charge is 2.36. The lowest BCUT2D eigenvalue weighted by atomic mass is 10.1. The Morgan fingerprint density at radius 2 is 2.08 bits per heavy atom. The van der Waals surface area contributed by atoms with Crippen molar-refractivity contribution in [2.24, 2.45) is 0 Å². The van der Waals surface area contributed by atoms with E-state index in [2.05, 4.69) is 10.1 Å². The largest absolute Gasteiger partial charge is 0.444 e. The average molecular weight is 329 g/mol. The first kappa shape index (κ1) is 16.5. The molecule has 0 saturated carbocycles. The fourth-order valence-corrected chi connectivity index (χ4v) is 2.82. The van der Waals surface area contributed by atoms with Crippen LogP contribution in [-0.2, 0) is 11.2 Å². The molecule has 1 fully saturated rings. The molecule has 128 valence electrons. The van der Waals surface area contributed by atoms with Crippen LogP contribution in [0.2, 0.25) is 0 Å². The number of hydrogen-bond acceptors (Lipinski definition) is 5. The van der Waals surface area contributed by atoms with Crippen LogP contribution >= 0.6 is 0 Å². The van der Waals surface area contributed by atoms with Crippen molar-refractivity contribution in [1.82, 2.24) is 15.0 Å². The summed E-state index contributed by atoms with van der Waals surface area (Å²) in [5.74, 6) is 1.12. The summed E-state index contributed by atoms with van der Waals surface area (Å²) in [5.41, 5.74) is 0.609. The molecule has 0 unspecified atom stereocenters. The molecular weight excluding hydrogens is 306 g/mol. The number of amides is 1. The van der Waals surface area contributed by atoms with Crippen LogP contribution in [0, 0.1) is 0 Å². The predicted octanol–water partition coefficient (Wildman–Crippen LogP) is 3.73. The van der Waals surface area contributed by atoms with Crippen LogP contribution < -0.4 is 0 Å². The molecule has 2 aromatic rings.